The van der Waals surface area contributed by atoms with Crippen molar-refractivity contribution in [2.24, 2.45) is 20.0 Å². The van der Waals surface area contributed by atoms with Crippen LogP contribution in [0.3, 0.4) is 0 Å². The maximum atomic E-state index is 11.4. The molecule has 0 radical (unpaired) electrons. The van der Waals surface area contributed by atoms with E-state index < -0.39 is 35.8 Å². The van der Waals surface area contributed by atoms with Gasteiger partial charge in [-0.1, -0.05) is 383 Å². The van der Waals surface area contributed by atoms with Crippen LogP contribution in [0.25, 0.3) is 0 Å². The first kappa shape index (κ1) is 152. The second-order valence-electron chi connectivity index (χ2n) is 27.7. The number of ketones is 1. The summed E-state index contributed by atoms with van der Waals surface area (Å²) in [4.78, 5) is 87.9. The van der Waals surface area contributed by atoms with Gasteiger partial charge in [-0.25, -0.2) is 4.79 Å². The van der Waals surface area contributed by atoms with E-state index in [1.807, 2.05) is 13.8 Å². The van der Waals surface area contributed by atoms with E-state index in [0.29, 0.717) is 50.6 Å². The monoisotopic (exact) mass is 2280 g/mol. The van der Waals surface area contributed by atoms with Crippen LogP contribution in [-0.2, 0) is 108 Å². The number of rotatable bonds is 22. The van der Waals surface area contributed by atoms with Gasteiger partial charge in [0.15, 0.2) is 0 Å². The number of nitrogens with one attached hydrogen (secondary N) is 1. The van der Waals surface area contributed by atoms with E-state index in [9.17, 15) is 99.9 Å². The molecule has 147 heavy (non-hydrogen) atoms. The number of quaternary nitrogens is 1. The minimum absolute atomic E-state index is 0. The molecular weight excluding hydrogens is 2170 g/mol. The zero-order valence-electron chi connectivity index (χ0n) is 81.4. The molecule has 14 rings (SSSR count). The van der Waals surface area contributed by atoms with Gasteiger partial charge in [0.05, 0.1) is 77.8 Å². The Morgan fingerprint density at radius 2 is 0.395 bits per heavy atom. The molecule has 14 aromatic carbocycles. The summed E-state index contributed by atoms with van der Waals surface area (Å²) in [5.41, 5.74) is 4.70. The predicted octanol–water partition coefficient (Wildman–Crippen LogP) is 4.35. The van der Waals surface area contributed by atoms with Gasteiger partial charge in [0.25, 0.3) is 0 Å². The molecule has 0 aliphatic heterocycles. The number of carboxylic acids is 6. The van der Waals surface area contributed by atoms with Gasteiger partial charge in [0.1, 0.15) is 5.78 Å². The van der Waals surface area contributed by atoms with Crippen molar-refractivity contribution >= 4 is 89.2 Å². The Morgan fingerprint density at radius 1 is 0.252 bits per heavy atom. The van der Waals surface area contributed by atoms with Gasteiger partial charge < -0.3 is 121 Å². The van der Waals surface area contributed by atoms with Crippen molar-refractivity contribution in [3.63, 3.8) is 0 Å². The van der Waals surface area contributed by atoms with Gasteiger partial charge in [-0.15, -0.1) is 23.0 Å². The number of aliphatic imine (C=N–C) groups is 4. The third-order valence-corrected chi connectivity index (χ3v) is 16.8. The van der Waals surface area contributed by atoms with Crippen LogP contribution in [0.1, 0.15) is 152 Å². The number of nitrogens with zero attached hydrogens (tertiary/aromatic N) is 4. The smallest absolute Gasteiger partial charge is 0.872 e. The molecule has 14 aromatic rings. The minimum Gasteiger partial charge on any atom is -0.872 e. The van der Waals surface area contributed by atoms with Gasteiger partial charge >= 0.3 is 164 Å². The Balaban J connectivity index is -0.000000202. The summed E-state index contributed by atoms with van der Waals surface area (Å²) < 4.78 is 4.83. The molecule has 0 heterocycles. The fraction of sp³-hybridized carbons (Fsp3) is 0.136. The van der Waals surface area contributed by atoms with Crippen LogP contribution in [-0.4, -0.2) is 115 Å². The number of hydrogen-bond donors (Lipinski definition) is 2. The first-order valence-corrected chi connectivity index (χ1v) is 42.6. The third kappa shape index (κ3) is 72.4. The summed E-state index contributed by atoms with van der Waals surface area (Å²) in [6.07, 6.45) is 9.65. The van der Waals surface area contributed by atoms with E-state index in [4.69, 9.17) is 9.84 Å². The molecule has 37 heteroatoms. The number of benzene rings is 14. The number of Topliss-reactive ketones (excluding diaryl/α,β-unsaturated/α-hetero) is 1. The van der Waals surface area contributed by atoms with Gasteiger partial charge in [-0.2, -0.15) is 0 Å². The predicted molar refractivity (Wildman–Crippen MR) is 512 cm³/mol. The van der Waals surface area contributed by atoms with Crippen molar-refractivity contribution in [2.75, 3.05) is 32.8 Å². The van der Waals surface area contributed by atoms with E-state index >= 15 is 0 Å². The number of carbonyl (C=O) groups excluding carboxylic acids is 6. The summed E-state index contributed by atoms with van der Waals surface area (Å²) in [7, 11) is 0. The summed E-state index contributed by atoms with van der Waals surface area (Å²) in [6, 6.07) is 101. The average molecular weight is 2280 g/mol. The normalized spacial score (nSPS) is 9.14. The fourth-order valence-corrected chi connectivity index (χ4v) is 10.3. The van der Waals surface area contributed by atoms with Crippen LogP contribution in [0.5, 0.6) is 46.0 Å². The number of hydrogen-bond acceptors (Lipinski definition) is 27. The van der Waals surface area contributed by atoms with Gasteiger partial charge in [-0.05, 0) is 133 Å². The van der Waals surface area contributed by atoms with Crippen molar-refractivity contribution < 1.29 is 284 Å². The van der Waals surface area contributed by atoms with Crippen LogP contribution in [0, 0.1) is 0 Å². The maximum absolute atomic E-state index is 11.4. The Kier molecular flexibility index (Phi) is 99.0. The summed E-state index contributed by atoms with van der Waals surface area (Å²) in [6.45, 7) is 19.6. The molecule has 0 aromatic heterocycles. The Bertz CT molecular complexity index is 4970. The van der Waals surface area contributed by atoms with Crippen LogP contribution in [0.2, 0.25) is 0 Å². The van der Waals surface area contributed by atoms with E-state index in [1.165, 1.54) is 187 Å². The fourth-order valence-electron chi connectivity index (χ4n) is 10.3. The number of para-hydroxylation sites is 12. The van der Waals surface area contributed by atoms with Crippen LogP contribution < -0.4 is 130 Å². The molecule has 778 valence electrons. The van der Waals surface area contributed by atoms with Crippen LogP contribution >= 0.6 is 0 Å². The molecule has 0 unspecified atom stereocenters. The largest absolute Gasteiger partial charge is 2.00 e. The zero-order chi connectivity index (χ0) is 101. The summed E-state index contributed by atoms with van der Waals surface area (Å²) >= 11 is 0. The molecule has 0 saturated carbocycles. The number of carboxylic acid groups (broad SMARTS) is 6. The molecule has 4 N–H and O–H groups in total. The number of aromatic carboxylic acids is 6. The molecule has 0 fully saturated rings. The molecule has 0 atom stereocenters. The maximum Gasteiger partial charge on any atom is 2.00 e. The van der Waals surface area contributed by atoms with Gasteiger partial charge in [0, 0.05) is 38.1 Å². The zero-order valence-corrected chi connectivity index (χ0v) is 91.3. The molecule has 0 spiro atoms. The van der Waals surface area contributed by atoms with E-state index in [0.717, 1.165) is 13.2 Å². The van der Waals surface area contributed by atoms with E-state index in [1.54, 1.807) is 272 Å². The molecule has 0 aliphatic carbocycles. The van der Waals surface area contributed by atoms with Crippen molar-refractivity contribution in [1.29, 1.82) is 0 Å². The molecule has 0 amide bonds. The van der Waals surface area contributed by atoms with Gasteiger partial charge in [0.2, 0.25) is 0 Å². The SMILES string of the molecule is CC(C)=O.CCC[NH+](CCC)CCC.CCOCC.O=C(O)c1ccccc1.O=C([O-])c1ccccc1.O=C([O-])c1ccccc1.O=C([O-])c1ccccc1.O=C([O-])c1ccccc1.O=C([O-])c1ccccc1.[Na+].[Na+].[Ni+2].[Ni+2].[Ni+2].[Ni+2].[Ni+2].[Ni+2].[O-]c1ccccc1C=Nc1ccccc1[O-].[O-]c1ccccc1C=Nc1ccccc1[O-].[O-]c1ccccc1C=Nc1ccccc1[O-].[O-]c1ccccc1C=Nc1ccccc1[O-].[OH-].[OH-]. The number of carbonyl (C=O) groups is 7. The van der Waals surface area contributed by atoms with Gasteiger partial charge in [-0.3, -0.25) is 20.0 Å². The quantitative estimate of drug-likeness (QED) is 0.0703. The van der Waals surface area contributed by atoms with Crippen molar-refractivity contribution in [3.8, 4) is 46.0 Å². The Morgan fingerprint density at radius 3 is 0.510 bits per heavy atom. The van der Waals surface area contributed by atoms with E-state index in [2.05, 4.69) is 40.7 Å². The molecular formula is C110H107N5Na2Ni6O24. The number of ether oxygens (including phenoxy) is 1. The molecule has 0 aliphatic rings. The first-order valence-electron chi connectivity index (χ1n) is 42.6. The topological polar surface area (TPSA) is 563 Å². The van der Waals surface area contributed by atoms with Crippen LogP contribution in [0.4, 0.5) is 22.7 Å². The molecule has 29 nitrogen and oxygen atoms in total. The first-order chi connectivity index (χ1) is 65.9. The Labute approximate surface area is 962 Å². The summed E-state index contributed by atoms with van der Waals surface area (Å²) in [5, 5.41) is 150. The minimum atomic E-state index is -1.13. The van der Waals surface area contributed by atoms with Crippen molar-refractivity contribution in [3.05, 3.63) is 432 Å². The van der Waals surface area contributed by atoms with Crippen LogP contribution in [0.15, 0.2) is 396 Å². The van der Waals surface area contributed by atoms with Crippen molar-refractivity contribution in [1.82, 2.24) is 0 Å². The van der Waals surface area contributed by atoms with E-state index in [-0.39, 0.29) is 249 Å². The standard InChI is InChI=1S/4C13H11NO2.C9H21N.6C7H6O2.C4H10O.C3H6O.2Na.6Ni.2H2O/c4*15-12-7-3-1-5-10(12)9-14-11-6-2-4-8-13(11)16;1-4-7-10(8-5-2)9-6-3;6*8-7(9)6-4-2-1-3-5-6;1-3-5-4-2;1-3(2)4;;;;;;;;;;/h4*1-9,15-16H;4-9H2,1-3H3;6*1-5H,(H,8,9);3-4H2,1-2H3;1-2H3;;;;;;;;;2*1H2/q;;;;;;;;;;;;;2*+1;6*+2;;/p-14. The average Bonchev–Trinajstić information content (AvgIpc) is 0.887. The second-order valence-corrected chi connectivity index (χ2v) is 27.7. The van der Waals surface area contributed by atoms with Crippen molar-refractivity contribution in [2.45, 2.75) is 67.7 Å². The third-order valence-electron chi connectivity index (χ3n) is 16.8. The second kappa shape index (κ2) is 95.6. The molecule has 0 bridgehead atoms. The Hall–Kier alpha value is -12.5. The summed E-state index contributed by atoms with van der Waals surface area (Å²) in [5.74, 6) is -7.37. The molecule has 0 saturated heterocycles.